The van der Waals surface area contributed by atoms with Crippen LogP contribution in [-0.4, -0.2) is 40.1 Å². The summed E-state index contributed by atoms with van der Waals surface area (Å²) in [5.74, 6) is 1.20. The highest BCUT2D eigenvalue weighted by atomic mass is 35.5. The molecular formula is C19H21ClN2O5. The summed E-state index contributed by atoms with van der Waals surface area (Å²) in [7, 11) is 4.58. The summed E-state index contributed by atoms with van der Waals surface area (Å²) in [6, 6.07) is 10.6. The van der Waals surface area contributed by atoms with Crippen molar-refractivity contribution in [1.82, 2.24) is 5.32 Å². The summed E-state index contributed by atoms with van der Waals surface area (Å²) in [4.78, 5) is 16.8. The Balaban J connectivity index is 1.86. The maximum absolute atomic E-state index is 11.8. The van der Waals surface area contributed by atoms with Crippen molar-refractivity contribution in [3.8, 4) is 17.2 Å². The Morgan fingerprint density at radius 1 is 1.07 bits per heavy atom. The zero-order chi connectivity index (χ0) is 19.6. The van der Waals surface area contributed by atoms with Gasteiger partial charge in [0, 0.05) is 17.1 Å². The number of rotatable bonds is 9. The summed E-state index contributed by atoms with van der Waals surface area (Å²) in [5.41, 5.74) is 1.61. The molecule has 8 heteroatoms. The number of oxime groups is 1. The number of amides is 1. The standard InChI is InChI=1S/C19H21ClN2O5/c1-24-16-8-14(9-17(25-2)19(16)26-3)11-22-27-12-18(23)21-10-13-4-6-15(20)7-5-13/h4-9,11H,10,12H2,1-3H3,(H,21,23)/b22-11-. The van der Waals surface area contributed by atoms with Crippen LogP contribution in [0.15, 0.2) is 41.6 Å². The molecule has 0 aliphatic carbocycles. The SMILES string of the molecule is COc1cc(/C=N\OCC(=O)NCc2ccc(Cl)cc2)cc(OC)c1OC. The van der Waals surface area contributed by atoms with Crippen LogP contribution in [0, 0.1) is 0 Å². The van der Waals surface area contributed by atoms with Gasteiger partial charge < -0.3 is 24.4 Å². The lowest BCUT2D eigenvalue weighted by molar-refractivity contribution is -0.125. The summed E-state index contributed by atoms with van der Waals surface area (Å²) in [6.45, 7) is 0.185. The van der Waals surface area contributed by atoms with E-state index in [0.29, 0.717) is 34.4 Å². The fraction of sp³-hybridized carbons (Fsp3) is 0.263. The maximum atomic E-state index is 11.8. The van der Waals surface area contributed by atoms with E-state index >= 15 is 0 Å². The summed E-state index contributed by atoms with van der Waals surface area (Å²) in [6.07, 6.45) is 1.46. The topological polar surface area (TPSA) is 78.4 Å². The molecule has 1 N–H and O–H groups in total. The molecule has 0 saturated carbocycles. The van der Waals surface area contributed by atoms with Gasteiger partial charge in [-0.2, -0.15) is 0 Å². The highest BCUT2D eigenvalue weighted by molar-refractivity contribution is 6.30. The minimum absolute atomic E-state index is 0.200. The zero-order valence-corrected chi connectivity index (χ0v) is 16.1. The van der Waals surface area contributed by atoms with Crippen LogP contribution in [0.4, 0.5) is 0 Å². The number of methoxy groups -OCH3 is 3. The predicted octanol–water partition coefficient (Wildman–Crippen LogP) is 3.03. The van der Waals surface area contributed by atoms with Crippen LogP contribution in [0.5, 0.6) is 17.2 Å². The highest BCUT2D eigenvalue weighted by Gasteiger charge is 2.12. The van der Waals surface area contributed by atoms with Crippen molar-refractivity contribution in [2.24, 2.45) is 5.16 Å². The van der Waals surface area contributed by atoms with Crippen LogP contribution in [-0.2, 0) is 16.2 Å². The molecule has 7 nitrogen and oxygen atoms in total. The Bertz CT molecular complexity index is 768. The minimum Gasteiger partial charge on any atom is -0.493 e. The van der Waals surface area contributed by atoms with Gasteiger partial charge in [-0.15, -0.1) is 0 Å². The van der Waals surface area contributed by atoms with E-state index in [0.717, 1.165) is 5.56 Å². The lowest BCUT2D eigenvalue weighted by atomic mass is 10.2. The summed E-state index contributed by atoms with van der Waals surface area (Å²) in [5, 5.41) is 7.18. The molecule has 0 heterocycles. The zero-order valence-electron chi connectivity index (χ0n) is 15.3. The third-order valence-corrected chi connectivity index (χ3v) is 3.81. The van der Waals surface area contributed by atoms with Gasteiger partial charge >= 0.3 is 0 Å². The third kappa shape index (κ3) is 6.07. The molecule has 0 bridgehead atoms. The van der Waals surface area contributed by atoms with E-state index in [1.165, 1.54) is 27.5 Å². The van der Waals surface area contributed by atoms with Crippen LogP contribution in [0.2, 0.25) is 5.02 Å². The first-order chi connectivity index (χ1) is 13.1. The number of ether oxygens (including phenoxy) is 3. The van der Waals surface area contributed by atoms with E-state index in [1.807, 2.05) is 12.1 Å². The van der Waals surface area contributed by atoms with Gasteiger partial charge in [-0.05, 0) is 29.8 Å². The van der Waals surface area contributed by atoms with Crippen molar-refractivity contribution in [2.45, 2.75) is 6.54 Å². The molecule has 1 amide bonds. The first kappa shape index (κ1) is 20.4. The van der Waals surface area contributed by atoms with Crippen molar-refractivity contribution < 1.29 is 23.8 Å². The number of carbonyl (C=O) groups is 1. The van der Waals surface area contributed by atoms with Crippen LogP contribution in [0.1, 0.15) is 11.1 Å². The van der Waals surface area contributed by atoms with Gasteiger partial charge in [0.1, 0.15) is 0 Å². The normalized spacial score (nSPS) is 10.5. The van der Waals surface area contributed by atoms with Gasteiger partial charge in [-0.1, -0.05) is 28.9 Å². The Labute approximate surface area is 162 Å². The van der Waals surface area contributed by atoms with E-state index < -0.39 is 0 Å². The van der Waals surface area contributed by atoms with Gasteiger partial charge in [0.25, 0.3) is 5.91 Å². The highest BCUT2D eigenvalue weighted by Crippen LogP contribution is 2.37. The Hall–Kier alpha value is -2.93. The summed E-state index contributed by atoms with van der Waals surface area (Å²) >= 11 is 5.82. The number of nitrogens with zero attached hydrogens (tertiary/aromatic N) is 1. The van der Waals surface area contributed by atoms with Crippen molar-refractivity contribution in [2.75, 3.05) is 27.9 Å². The summed E-state index contributed by atoms with van der Waals surface area (Å²) < 4.78 is 15.8. The lowest BCUT2D eigenvalue weighted by Gasteiger charge is -2.12. The number of nitrogens with one attached hydrogen (secondary N) is 1. The van der Waals surface area contributed by atoms with E-state index in [1.54, 1.807) is 24.3 Å². The first-order valence-electron chi connectivity index (χ1n) is 8.04. The van der Waals surface area contributed by atoms with E-state index in [-0.39, 0.29) is 12.5 Å². The lowest BCUT2D eigenvalue weighted by Crippen LogP contribution is -2.26. The molecule has 0 saturated heterocycles. The maximum Gasteiger partial charge on any atom is 0.261 e. The predicted molar refractivity (Wildman–Crippen MR) is 103 cm³/mol. The largest absolute Gasteiger partial charge is 0.493 e. The number of hydrogen-bond donors (Lipinski definition) is 1. The van der Waals surface area contributed by atoms with Crippen molar-refractivity contribution in [3.05, 3.63) is 52.5 Å². The van der Waals surface area contributed by atoms with Crippen molar-refractivity contribution in [1.29, 1.82) is 0 Å². The number of carbonyl (C=O) groups excluding carboxylic acids is 1. The van der Waals surface area contributed by atoms with Gasteiger partial charge in [-0.3, -0.25) is 4.79 Å². The quantitative estimate of drug-likeness (QED) is 0.524. The molecule has 0 aliphatic rings. The average molecular weight is 393 g/mol. The molecule has 0 radical (unpaired) electrons. The smallest absolute Gasteiger partial charge is 0.261 e. The molecule has 2 rings (SSSR count). The Morgan fingerprint density at radius 2 is 1.70 bits per heavy atom. The molecule has 0 atom stereocenters. The van der Waals surface area contributed by atoms with Gasteiger partial charge in [0.05, 0.1) is 27.5 Å². The third-order valence-electron chi connectivity index (χ3n) is 3.56. The first-order valence-corrected chi connectivity index (χ1v) is 8.41. The fourth-order valence-electron chi connectivity index (χ4n) is 2.22. The number of halogens is 1. The number of benzene rings is 2. The molecule has 2 aromatic rings. The van der Waals surface area contributed by atoms with Crippen molar-refractivity contribution >= 4 is 23.7 Å². The number of hydrogen-bond acceptors (Lipinski definition) is 6. The second-order valence-corrected chi connectivity index (χ2v) is 5.81. The molecule has 0 fully saturated rings. The van der Waals surface area contributed by atoms with Gasteiger partial charge in [0.15, 0.2) is 18.1 Å². The van der Waals surface area contributed by atoms with Crippen molar-refractivity contribution in [3.63, 3.8) is 0 Å². The van der Waals surface area contributed by atoms with E-state index in [4.69, 9.17) is 30.6 Å². The van der Waals surface area contributed by atoms with E-state index in [2.05, 4.69) is 10.5 Å². The molecule has 0 spiro atoms. The minimum atomic E-state index is -0.285. The molecule has 27 heavy (non-hydrogen) atoms. The second-order valence-electron chi connectivity index (χ2n) is 5.37. The Kier molecular flexibility index (Phi) is 7.76. The molecule has 0 aliphatic heterocycles. The average Bonchev–Trinajstić information content (AvgIpc) is 2.69. The second kappa shape index (κ2) is 10.3. The Morgan fingerprint density at radius 3 is 2.26 bits per heavy atom. The van der Waals surface area contributed by atoms with Gasteiger partial charge in [-0.25, -0.2) is 0 Å². The van der Waals surface area contributed by atoms with Crippen LogP contribution < -0.4 is 19.5 Å². The van der Waals surface area contributed by atoms with Crippen LogP contribution in [0.3, 0.4) is 0 Å². The van der Waals surface area contributed by atoms with E-state index in [9.17, 15) is 4.79 Å². The van der Waals surface area contributed by atoms with Gasteiger partial charge in [0.2, 0.25) is 5.75 Å². The van der Waals surface area contributed by atoms with Crippen LogP contribution in [0.25, 0.3) is 0 Å². The molecule has 2 aromatic carbocycles. The molecule has 0 unspecified atom stereocenters. The molecular weight excluding hydrogens is 372 g/mol. The monoisotopic (exact) mass is 392 g/mol. The fourth-order valence-corrected chi connectivity index (χ4v) is 2.35. The molecule has 144 valence electrons. The molecule has 0 aromatic heterocycles. The van der Waals surface area contributed by atoms with Crippen LogP contribution >= 0.6 is 11.6 Å².